The third-order valence-corrected chi connectivity index (χ3v) is 7.31. The monoisotopic (exact) mass is 527 g/mol. The summed E-state index contributed by atoms with van der Waals surface area (Å²) < 4.78 is 43.5. The van der Waals surface area contributed by atoms with Crippen molar-refractivity contribution < 1.29 is 32.6 Å². The minimum atomic E-state index is -2.41. The van der Waals surface area contributed by atoms with Crippen LogP contribution in [0.2, 0.25) is 0 Å². The molecule has 3 aliphatic rings. The van der Waals surface area contributed by atoms with Gasteiger partial charge in [-0.1, -0.05) is 0 Å². The van der Waals surface area contributed by atoms with Crippen molar-refractivity contribution in [3.63, 3.8) is 0 Å². The Hall–Kier alpha value is -2.31. The van der Waals surface area contributed by atoms with Gasteiger partial charge in [0.1, 0.15) is 11.9 Å². The number of nitrogens with one attached hydrogen (secondary N) is 2. The number of amides is 2. The topological polar surface area (TPSA) is 107 Å². The normalized spacial score (nSPS) is 23.6. The van der Waals surface area contributed by atoms with Gasteiger partial charge < -0.3 is 34.3 Å². The molecule has 0 radical (unpaired) electrons. The first-order chi connectivity index (χ1) is 17.9. The van der Waals surface area contributed by atoms with Crippen LogP contribution in [-0.4, -0.2) is 91.1 Å². The van der Waals surface area contributed by atoms with E-state index in [1.807, 2.05) is 18.0 Å². The summed E-state index contributed by atoms with van der Waals surface area (Å²) in [5.74, 6) is 1.13. The van der Waals surface area contributed by atoms with Gasteiger partial charge in [-0.2, -0.15) is 0 Å². The fraction of sp³-hybridized carbons (Fsp3) is 0.800. The number of hydrogen-bond donors (Lipinski definition) is 2. The van der Waals surface area contributed by atoms with Crippen LogP contribution in [0.4, 0.5) is 13.6 Å². The quantitative estimate of drug-likeness (QED) is 0.426. The van der Waals surface area contributed by atoms with E-state index in [0.29, 0.717) is 32.7 Å². The summed E-state index contributed by atoms with van der Waals surface area (Å²) in [7, 11) is 1.34. The Bertz CT molecular complexity index is 898. The summed E-state index contributed by atoms with van der Waals surface area (Å²) in [6, 6.07) is -0.566. The maximum absolute atomic E-state index is 13.5. The van der Waals surface area contributed by atoms with Gasteiger partial charge in [0.25, 0.3) is 5.91 Å². The van der Waals surface area contributed by atoms with E-state index in [1.165, 1.54) is 7.11 Å². The number of halogens is 2. The van der Waals surface area contributed by atoms with Gasteiger partial charge in [0, 0.05) is 63.5 Å². The maximum Gasteiger partial charge on any atom is 0.406 e. The molecule has 12 heteroatoms. The highest BCUT2D eigenvalue weighted by Crippen LogP contribution is 2.36. The number of methoxy groups -OCH3 is 1. The minimum absolute atomic E-state index is 0.0930. The zero-order valence-electron chi connectivity index (χ0n) is 21.7. The van der Waals surface area contributed by atoms with Gasteiger partial charge in [-0.3, -0.25) is 4.79 Å². The Morgan fingerprint density at radius 3 is 2.68 bits per heavy atom. The van der Waals surface area contributed by atoms with E-state index in [-0.39, 0.29) is 43.5 Å². The predicted octanol–water partition coefficient (Wildman–Crippen LogP) is 2.59. The van der Waals surface area contributed by atoms with Crippen LogP contribution >= 0.6 is 0 Å². The van der Waals surface area contributed by atoms with Crippen LogP contribution in [0.25, 0.3) is 0 Å². The van der Waals surface area contributed by atoms with E-state index in [2.05, 4.69) is 19.9 Å². The summed E-state index contributed by atoms with van der Waals surface area (Å²) in [6.45, 7) is 4.85. The molecule has 37 heavy (non-hydrogen) atoms. The second-order valence-electron chi connectivity index (χ2n) is 10.1. The molecule has 10 nitrogen and oxygen atoms in total. The van der Waals surface area contributed by atoms with Crippen LogP contribution in [-0.2, 0) is 25.5 Å². The lowest BCUT2D eigenvalue weighted by atomic mass is 9.99. The number of carbonyl (C=O) groups is 2. The van der Waals surface area contributed by atoms with E-state index in [4.69, 9.17) is 14.5 Å². The van der Waals surface area contributed by atoms with Crippen LogP contribution in [0.15, 0.2) is 6.20 Å². The number of ether oxygens (including phenoxy) is 3. The predicted molar refractivity (Wildman–Crippen MR) is 130 cm³/mol. The molecule has 0 bridgehead atoms. The lowest BCUT2D eigenvalue weighted by Crippen LogP contribution is -2.54. The average Bonchev–Trinajstić information content (AvgIpc) is 3.64. The summed E-state index contributed by atoms with van der Waals surface area (Å²) in [5.41, 5.74) is 0.821. The maximum atomic E-state index is 13.5. The minimum Gasteiger partial charge on any atom is -0.453 e. The van der Waals surface area contributed by atoms with E-state index in [9.17, 15) is 18.4 Å². The van der Waals surface area contributed by atoms with E-state index in [0.717, 1.165) is 37.2 Å². The third-order valence-electron chi connectivity index (χ3n) is 7.31. The van der Waals surface area contributed by atoms with Crippen LogP contribution in [0, 0.1) is 0 Å². The fourth-order valence-corrected chi connectivity index (χ4v) is 5.12. The summed E-state index contributed by atoms with van der Waals surface area (Å²) >= 11 is 0. The van der Waals surface area contributed by atoms with E-state index < -0.39 is 24.7 Å². The Kier molecular flexibility index (Phi) is 9.71. The number of aryl methyl sites for hydroxylation is 1. The molecule has 3 atom stereocenters. The van der Waals surface area contributed by atoms with Crippen LogP contribution < -0.4 is 10.6 Å². The Balaban J connectivity index is 1.45. The second-order valence-corrected chi connectivity index (χ2v) is 10.1. The number of nitrogens with zero attached hydrogens (tertiary/aromatic N) is 3. The Morgan fingerprint density at radius 2 is 2.05 bits per heavy atom. The van der Waals surface area contributed by atoms with Crippen LogP contribution in [0.1, 0.15) is 68.9 Å². The van der Waals surface area contributed by atoms with Crippen LogP contribution in [0.3, 0.4) is 0 Å². The molecule has 1 aromatic rings. The molecule has 0 unspecified atom stereocenters. The number of carbonyl (C=O) groups excluding carboxylic acids is 2. The number of rotatable bonds is 11. The van der Waals surface area contributed by atoms with Crippen molar-refractivity contribution in [2.24, 2.45) is 0 Å². The van der Waals surface area contributed by atoms with Gasteiger partial charge in [0.15, 0.2) is 0 Å². The van der Waals surface area contributed by atoms with E-state index >= 15 is 0 Å². The molecule has 2 aliphatic heterocycles. The first-order valence-electron chi connectivity index (χ1n) is 13.3. The number of hydrogen-bond acceptors (Lipinski definition) is 7. The van der Waals surface area contributed by atoms with Gasteiger partial charge in [0.2, 0.25) is 6.43 Å². The van der Waals surface area contributed by atoms with Gasteiger partial charge in [-0.15, -0.1) is 0 Å². The molecule has 4 rings (SSSR count). The zero-order valence-corrected chi connectivity index (χ0v) is 21.7. The molecule has 1 aromatic heterocycles. The van der Waals surface area contributed by atoms with Crippen molar-refractivity contribution in [1.82, 2.24) is 25.1 Å². The zero-order chi connectivity index (χ0) is 26.4. The number of imidazole rings is 1. The Labute approximate surface area is 216 Å². The first kappa shape index (κ1) is 27.7. The molecule has 1 saturated carbocycles. The number of alkyl carbamates (subject to hydrolysis) is 1. The molecule has 208 valence electrons. The molecule has 2 saturated heterocycles. The van der Waals surface area contributed by atoms with Crippen molar-refractivity contribution in [3.8, 4) is 0 Å². The highest BCUT2D eigenvalue weighted by atomic mass is 19.3. The first-order valence-corrected chi connectivity index (χ1v) is 13.3. The van der Waals surface area contributed by atoms with Crippen molar-refractivity contribution in [3.05, 3.63) is 17.7 Å². The van der Waals surface area contributed by atoms with Crippen molar-refractivity contribution >= 4 is 12.0 Å². The molecular weight excluding hydrogens is 488 g/mol. The third kappa shape index (κ3) is 7.38. The molecule has 3 fully saturated rings. The molecule has 2 N–H and O–H groups in total. The van der Waals surface area contributed by atoms with Gasteiger partial charge in [0.05, 0.1) is 25.5 Å². The van der Waals surface area contributed by atoms with Gasteiger partial charge in [-0.05, 0) is 39.0 Å². The number of alkyl halides is 2. The van der Waals surface area contributed by atoms with Crippen molar-refractivity contribution in [2.75, 3.05) is 40.0 Å². The SMILES string of the molecule is COC(=O)NCCCn1cc([C@H](C)N(C(=O)[C@H]2CN[C@@H](CC(F)F)CO2)C2CC2)nc1C1CCOCC1. The smallest absolute Gasteiger partial charge is 0.406 e. The summed E-state index contributed by atoms with van der Waals surface area (Å²) in [5, 5.41) is 5.76. The lowest BCUT2D eigenvalue weighted by molar-refractivity contribution is -0.150. The van der Waals surface area contributed by atoms with Crippen LogP contribution in [0.5, 0.6) is 0 Å². The standard InChI is InChI=1S/C25H39F2N5O5/c1-16(32(19-4-5-19)24(33)21-13-29-18(15-37-21)12-22(26)27)20-14-31(9-3-8-28-25(34)35-2)23(30-20)17-6-10-36-11-7-17/h14,16-19,21-22,29H,3-13,15H2,1-2H3,(H,28,34)/t16-,18-,21+/m0/s1. The molecule has 1 aliphatic carbocycles. The second kappa shape index (κ2) is 13.0. The number of aromatic nitrogens is 2. The number of morpholine rings is 1. The Morgan fingerprint density at radius 1 is 1.30 bits per heavy atom. The largest absolute Gasteiger partial charge is 0.453 e. The van der Waals surface area contributed by atoms with Gasteiger partial charge >= 0.3 is 6.09 Å². The molecular formula is C25H39F2N5O5. The highest BCUT2D eigenvalue weighted by Gasteiger charge is 2.41. The average molecular weight is 528 g/mol. The highest BCUT2D eigenvalue weighted by molar-refractivity contribution is 5.82. The fourth-order valence-electron chi connectivity index (χ4n) is 5.12. The summed E-state index contributed by atoms with van der Waals surface area (Å²) in [4.78, 5) is 31.8. The van der Waals surface area contributed by atoms with Gasteiger partial charge in [-0.25, -0.2) is 18.6 Å². The molecule has 0 spiro atoms. The molecule has 0 aromatic carbocycles. The van der Waals surface area contributed by atoms with Crippen molar-refractivity contribution in [2.45, 2.75) is 88.6 Å². The van der Waals surface area contributed by atoms with E-state index in [1.54, 1.807) is 0 Å². The summed E-state index contributed by atoms with van der Waals surface area (Å²) in [6.07, 6.45) is 2.51. The molecule has 3 heterocycles. The van der Waals surface area contributed by atoms with Crippen molar-refractivity contribution in [1.29, 1.82) is 0 Å². The molecule has 2 amide bonds. The lowest BCUT2D eigenvalue weighted by Gasteiger charge is -2.35.